The van der Waals surface area contributed by atoms with Crippen molar-refractivity contribution < 1.29 is 4.74 Å². The largest absolute Gasteiger partial charge is 0.377 e. The fourth-order valence-electron chi connectivity index (χ4n) is 2.66. The Morgan fingerprint density at radius 2 is 1.45 bits per heavy atom. The van der Waals surface area contributed by atoms with Crippen LogP contribution >= 0.6 is 0 Å². The molecular weight excluding hydrogens is 244 g/mol. The molecule has 0 aliphatic heterocycles. The Labute approximate surface area is 125 Å². The van der Waals surface area contributed by atoms with Gasteiger partial charge in [-0.2, -0.15) is 0 Å². The van der Waals surface area contributed by atoms with Crippen LogP contribution in [0.5, 0.6) is 0 Å². The predicted molar refractivity (Wildman–Crippen MR) is 87.9 cm³/mol. The standard InChI is InChI=1S/C19H32O/c1-3-5-11-18(12-6-4-2)15-10-16-20-17-19-13-8-7-9-14-19/h7-9,13-14,18H,3-6,10-12,15-17H2,1-2H3. The van der Waals surface area contributed by atoms with Crippen molar-refractivity contribution in [2.45, 2.75) is 71.8 Å². The second-order valence-corrected chi connectivity index (χ2v) is 5.83. The highest BCUT2D eigenvalue weighted by atomic mass is 16.5. The SMILES string of the molecule is CCCCC(CCCC)CCCOCc1ccccc1. The predicted octanol–water partition coefficient (Wildman–Crippen LogP) is 5.98. The number of rotatable bonds is 12. The molecule has 0 saturated carbocycles. The summed E-state index contributed by atoms with van der Waals surface area (Å²) in [6.07, 6.45) is 10.8. The molecular formula is C19H32O. The summed E-state index contributed by atoms with van der Waals surface area (Å²) in [6.45, 7) is 6.25. The molecule has 1 aromatic carbocycles. The van der Waals surface area contributed by atoms with Crippen LogP contribution in [0.2, 0.25) is 0 Å². The second-order valence-electron chi connectivity index (χ2n) is 5.83. The van der Waals surface area contributed by atoms with Gasteiger partial charge in [0.1, 0.15) is 0 Å². The minimum atomic E-state index is 0.759. The molecule has 0 heterocycles. The average molecular weight is 276 g/mol. The molecule has 0 atom stereocenters. The van der Waals surface area contributed by atoms with Crippen molar-refractivity contribution in [3.8, 4) is 0 Å². The van der Waals surface area contributed by atoms with Crippen molar-refractivity contribution in [1.29, 1.82) is 0 Å². The summed E-state index contributed by atoms with van der Waals surface area (Å²) < 4.78 is 5.78. The molecule has 1 nitrogen and oxygen atoms in total. The van der Waals surface area contributed by atoms with Crippen molar-refractivity contribution >= 4 is 0 Å². The molecule has 0 fully saturated rings. The van der Waals surface area contributed by atoms with Crippen molar-refractivity contribution in [2.24, 2.45) is 5.92 Å². The van der Waals surface area contributed by atoms with Gasteiger partial charge in [0.25, 0.3) is 0 Å². The van der Waals surface area contributed by atoms with E-state index in [0.717, 1.165) is 19.1 Å². The van der Waals surface area contributed by atoms with Gasteiger partial charge in [0.2, 0.25) is 0 Å². The lowest BCUT2D eigenvalue weighted by Crippen LogP contribution is -2.04. The summed E-state index contributed by atoms with van der Waals surface area (Å²) in [5.74, 6) is 0.926. The van der Waals surface area contributed by atoms with Crippen molar-refractivity contribution in [3.05, 3.63) is 35.9 Å². The van der Waals surface area contributed by atoms with Crippen LogP contribution in [0.4, 0.5) is 0 Å². The van der Waals surface area contributed by atoms with E-state index in [1.807, 2.05) is 0 Å². The molecule has 0 saturated heterocycles. The first-order valence-electron chi connectivity index (χ1n) is 8.48. The van der Waals surface area contributed by atoms with Gasteiger partial charge in [-0.15, -0.1) is 0 Å². The highest BCUT2D eigenvalue weighted by Gasteiger charge is 2.07. The molecule has 0 N–H and O–H groups in total. The highest BCUT2D eigenvalue weighted by Crippen LogP contribution is 2.21. The van der Waals surface area contributed by atoms with Gasteiger partial charge < -0.3 is 4.74 Å². The summed E-state index contributed by atoms with van der Waals surface area (Å²) >= 11 is 0. The lowest BCUT2D eigenvalue weighted by molar-refractivity contribution is 0.113. The highest BCUT2D eigenvalue weighted by molar-refractivity contribution is 5.13. The molecule has 0 aliphatic carbocycles. The third kappa shape index (κ3) is 8.37. The monoisotopic (exact) mass is 276 g/mol. The zero-order chi connectivity index (χ0) is 14.5. The molecule has 20 heavy (non-hydrogen) atoms. The fraction of sp³-hybridized carbons (Fsp3) is 0.684. The van der Waals surface area contributed by atoms with Gasteiger partial charge in [-0.1, -0.05) is 82.7 Å². The average Bonchev–Trinajstić information content (AvgIpc) is 2.50. The fourth-order valence-corrected chi connectivity index (χ4v) is 2.66. The normalized spacial score (nSPS) is 11.2. The zero-order valence-electron chi connectivity index (χ0n) is 13.4. The summed E-state index contributed by atoms with van der Waals surface area (Å²) in [7, 11) is 0. The minimum Gasteiger partial charge on any atom is -0.377 e. The first-order chi connectivity index (χ1) is 9.86. The Bertz CT molecular complexity index is 299. The Morgan fingerprint density at radius 3 is 2.05 bits per heavy atom. The number of hydrogen-bond donors (Lipinski definition) is 0. The van der Waals surface area contributed by atoms with Crippen LogP contribution in [0.1, 0.15) is 70.8 Å². The molecule has 114 valence electrons. The van der Waals surface area contributed by atoms with E-state index in [-0.39, 0.29) is 0 Å². The third-order valence-electron chi connectivity index (χ3n) is 3.94. The summed E-state index contributed by atoms with van der Waals surface area (Å²) in [5, 5.41) is 0. The van der Waals surface area contributed by atoms with E-state index in [1.165, 1.54) is 56.9 Å². The maximum absolute atomic E-state index is 5.78. The van der Waals surface area contributed by atoms with E-state index in [9.17, 15) is 0 Å². The number of benzene rings is 1. The summed E-state index contributed by atoms with van der Waals surface area (Å²) in [5.41, 5.74) is 1.28. The van der Waals surface area contributed by atoms with Gasteiger partial charge >= 0.3 is 0 Å². The van der Waals surface area contributed by atoms with Gasteiger partial charge in [-0.25, -0.2) is 0 Å². The second kappa shape index (κ2) is 12.0. The molecule has 0 spiro atoms. The van der Waals surface area contributed by atoms with Crippen LogP contribution in [0, 0.1) is 5.92 Å². The molecule has 0 amide bonds. The Morgan fingerprint density at radius 1 is 0.850 bits per heavy atom. The smallest absolute Gasteiger partial charge is 0.0716 e. The van der Waals surface area contributed by atoms with Gasteiger partial charge in [-0.05, 0) is 24.3 Å². The number of hydrogen-bond acceptors (Lipinski definition) is 1. The maximum Gasteiger partial charge on any atom is 0.0716 e. The van der Waals surface area contributed by atoms with E-state index in [4.69, 9.17) is 4.74 Å². The molecule has 0 aromatic heterocycles. The van der Waals surface area contributed by atoms with Crippen molar-refractivity contribution in [1.82, 2.24) is 0 Å². The van der Waals surface area contributed by atoms with Crippen LogP contribution in [-0.4, -0.2) is 6.61 Å². The first-order valence-corrected chi connectivity index (χ1v) is 8.48. The molecule has 1 heteroatoms. The van der Waals surface area contributed by atoms with E-state index in [0.29, 0.717) is 0 Å². The van der Waals surface area contributed by atoms with E-state index in [1.54, 1.807) is 0 Å². The maximum atomic E-state index is 5.78. The number of unbranched alkanes of at least 4 members (excludes halogenated alkanes) is 2. The Balaban J connectivity index is 2.09. The number of ether oxygens (including phenoxy) is 1. The summed E-state index contributed by atoms with van der Waals surface area (Å²) in [4.78, 5) is 0. The molecule has 0 unspecified atom stereocenters. The molecule has 1 rings (SSSR count). The van der Waals surface area contributed by atoms with Crippen LogP contribution in [0.15, 0.2) is 30.3 Å². The lowest BCUT2D eigenvalue weighted by atomic mass is 9.92. The van der Waals surface area contributed by atoms with Crippen molar-refractivity contribution in [2.75, 3.05) is 6.61 Å². The van der Waals surface area contributed by atoms with E-state index < -0.39 is 0 Å². The van der Waals surface area contributed by atoms with Crippen LogP contribution in [0.25, 0.3) is 0 Å². The third-order valence-corrected chi connectivity index (χ3v) is 3.94. The van der Waals surface area contributed by atoms with Gasteiger partial charge in [-0.3, -0.25) is 0 Å². The van der Waals surface area contributed by atoms with Crippen LogP contribution in [0.3, 0.4) is 0 Å². The van der Waals surface area contributed by atoms with Gasteiger partial charge in [0.15, 0.2) is 0 Å². The first kappa shape index (κ1) is 17.2. The van der Waals surface area contributed by atoms with Crippen LogP contribution in [-0.2, 0) is 11.3 Å². The van der Waals surface area contributed by atoms with Crippen molar-refractivity contribution in [3.63, 3.8) is 0 Å². The summed E-state index contributed by atoms with van der Waals surface area (Å²) in [6, 6.07) is 10.5. The Hall–Kier alpha value is -0.820. The molecule has 0 bridgehead atoms. The minimum absolute atomic E-state index is 0.759. The lowest BCUT2D eigenvalue weighted by Gasteiger charge is -2.16. The topological polar surface area (TPSA) is 9.23 Å². The van der Waals surface area contributed by atoms with Gasteiger partial charge in [0.05, 0.1) is 6.61 Å². The van der Waals surface area contributed by atoms with E-state index >= 15 is 0 Å². The zero-order valence-corrected chi connectivity index (χ0v) is 13.4. The molecule has 0 radical (unpaired) electrons. The van der Waals surface area contributed by atoms with Gasteiger partial charge in [0, 0.05) is 6.61 Å². The quantitative estimate of drug-likeness (QED) is 0.427. The molecule has 1 aromatic rings. The van der Waals surface area contributed by atoms with E-state index in [2.05, 4.69) is 44.2 Å². The molecule has 0 aliphatic rings. The Kier molecular flexibility index (Phi) is 10.3. The van der Waals surface area contributed by atoms with Crippen LogP contribution < -0.4 is 0 Å².